The van der Waals surface area contributed by atoms with Crippen molar-refractivity contribution in [3.05, 3.63) is 29.3 Å². The van der Waals surface area contributed by atoms with Crippen LogP contribution < -0.4 is 10.6 Å². The minimum atomic E-state index is -0.634. The van der Waals surface area contributed by atoms with Gasteiger partial charge in [0, 0.05) is 50.6 Å². The first kappa shape index (κ1) is 26.1. The number of Topliss-reactive ketones (excluding diaryl/α,β-unsaturated/α-hetero) is 1. The van der Waals surface area contributed by atoms with Crippen molar-refractivity contribution < 1.29 is 23.9 Å². The Morgan fingerprint density at radius 1 is 1.11 bits per heavy atom. The zero-order valence-corrected chi connectivity index (χ0v) is 22.2. The third kappa shape index (κ3) is 4.89. The molecule has 5 rings (SSSR count). The smallest absolute Gasteiger partial charge is 0.249 e. The summed E-state index contributed by atoms with van der Waals surface area (Å²) in [6, 6.07) is 5.62. The fraction of sp³-hybridized carbons (Fsp3) is 0.679. The number of amides is 2. The van der Waals surface area contributed by atoms with Crippen molar-refractivity contribution in [1.29, 1.82) is 0 Å². The van der Waals surface area contributed by atoms with Gasteiger partial charge in [-0.2, -0.15) is 0 Å². The minimum Gasteiger partial charge on any atom is -0.377 e. The molecule has 4 fully saturated rings. The molecule has 2 N–H and O–H groups in total. The van der Waals surface area contributed by atoms with Crippen LogP contribution in [0.5, 0.6) is 0 Å². The van der Waals surface area contributed by atoms with E-state index in [1.165, 1.54) is 0 Å². The van der Waals surface area contributed by atoms with Gasteiger partial charge < -0.3 is 25.0 Å². The lowest BCUT2D eigenvalue weighted by Crippen LogP contribution is -2.49. The standard InChI is InChI=1S/C28H40N4O5/c1-17(2)30-10-12-31(13-11-30)19-8-9-20(27(29)34)21(14-19)24(18-6-4-5-7-18)28(35)32-15-23(36-3)26-25(32)22(33)16-37-26/h8-9,14,17-18,23-26H,4-7,10-13,15-16H2,1-3H3,(H2,29,34)/t23-,24+,25-,26-/m1/s1. The average Bonchev–Trinajstić information content (AvgIpc) is 3.63. The summed E-state index contributed by atoms with van der Waals surface area (Å²) < 4.78 is 11.3. The predicted octanol–water partition coefficient (Wildman–Crippen LogP) is 1.78. The topological polar surface area (TPSA) is 105 Å². The molecule has 3 aliphatic heterocycles. The van der Waals surface area contributed by atoms with Crippen molar-refractivity contribution in [2.24, 2.45) is 11.7 Å². The van der Waals surface area contributed by atoms with Crippen LogP contribution in [0, 0.1) is 5.92 Å². The molecule has 9 heteroatoms. The van der Waals surface area contributed by atoms with Gasteiger partial charge in [0.05, 0.1) is 12.5 Å². The summed E-state index contributed by atoms with van der Waals surface area (Å²) >= 11 is 0. The Bertz CT molecular complexity index is 1030. The maximum absolute atomic E-state index is 14.4. The molecule has 4 atom stereocenters. The van der Waals surface area contributed by atoms with Crippen molar-refractivity contribution in [2.45, 2.75) is 69.7 Å². The van der Waals surface area contributed by atoms with Crippen LogP contribution in [0.25, 0.3) is 0 Å². The number of carbonyl (C=O) groups is 3. The predicted molar refractivity (Wildman–Crippen MR) is 140 cm³/mol. The normalized spacial score (nSPS) is 27.8. The van der Waals surface area contributed by atoms with Gasteiger partial charge in [0.15, 0.2) is 5.78 Å². The van der Waals surface area contributed by atoms with Crippen molar-refractivity contribution in [1.82, 2.24) is 9.80 Å². The number of carbonyl (C=O) groups excluding carboxylic acids is 3. The Morgan fingerprint density at radius 3 is 2.43 bits per heavy atom. The number of hydrogen-bond donors (Lipinski definition) is 1. The Hall–Kier alpha value is -2.49. The molecule has 202 valence electrons. The van der Waals surface area contributed by atoms with Crippen LogP contribution in [0.15, 0.2) is 18.2 Å². The van der Waals surface area contributed by atoms with Crippen LogP contribution in [0.1, 0.15) is 61.4 Å². The molecular weight excluding hydrogens is 472 g/mol. The first-order valence-corrected chi connectivity index (χ1v) is 13.7. The molecule has 3 heterocycles. The van der Waals surface area contributed by atoms with E-state index in [4.69, 9.17) is 15.2 Å². The molecule has 3 saturated heterocycles. The number of rotatable bonds is 7. The second-order valence-electron chi connectivity index (χ2n) is 11.2. The molecule has 0 spiro atoms. The van der Waals surface area contributed by atoms with Crippen molar-refractivity contribution in [2.75, 3.05) is 51.3 Å². The van der Waals surface area contributed by atoms with Gasteiger partial charge in [-0.3, -0.25) is 19.3 Å². The Kier molecular flexibility index (Phi) is 7.56. The fourth-order valence-electron chi connectivity index (χ4n) is 6.83. The lowest BCUT2D eigenvalue weighted by atomic mass is 9.80. The minimum absolute atomic E-state index is 0.00254. The van der Waals surface area contributed by atoms with Gasteiger partial charge in [0.2, 0.25) is 11.8 Å². The zero-order valence-electron chi connectivity index (χ0n) is 22.2. The van der Waals surface area contributed by atoms with Gasteiger partial charge in [-0.15, -0.1) is 0 Å². The summed E-state index contributed by atoms with van der Waals surface area (Å²) in [7, 11) is 1.59. The number of anilines is 1. The summed E-state index contributed by atoms with van der Waals surface area (Å²) in [6.45, 7) is 8.42. The van der Waals surface area contributed by atoms with E-state index >= 15 is 0 Å². The number of benzene rings is 1. The van der Waals surface area contributed by atoms with Gasteiger partial charge in [0.25, 0.3) is 0 Å². The SMILES string of the molecule is CO[C@@H]1CN(C(=O)[C@H](c2cc(N3CCN(C(C)C)CC3)ccc2C(N)=O)C2CCCC2)[C@@H]2C(=O)CO[C@@H]21. The van der Waals surface area contributed by atoms with Crippen LogP contribution in [-0.2, 0) is 19.1 Å². The molecule has 0 bridgehead atoms. The molecule has 1 aliphatic carbocycles. The highest BCUT2D eigenvalue weighted by Crippen LogP contribution is 2.43. The number of ether oxygens (including phenoxy) is 2. The van der Waals surface area contributed by atoms with E-state index in [0.717, 1.165) is 57.5 Å². The second kappa shape index (κ2) is 10.7. The molecular formula is C28H40N4O5. The second-order valence-corrected chi connectivity index (χ2v) is 11.2. The lowest BCUT2D eigenvalue weighted by Gasteiger charge is -2.38. The molecule has 1 aromatic rings. The van der Waals surface area contributed by atoms with Gasteiger partial charge in [-0.05, 0) is 56.4 Å². The number of ketones is 1. The maximum Gasteiger partial charge on any atom is 0.249 e. The summed E-state index contributed by atoms with van der Waals surface area (Å²) in [5.74, 6) is -1.18. The molecule has 0 aromatic heterocycles. The highest BCUT2D eigenvalue weighted by molar-refractivity contribution is 5.99. The number of primary amides is 1. The van der Waals surface area contributed by atoms with Crippen LogP contribution in [0.3, 0.4) is 0 Å². The van der Waals surface area contributed by atoms with Gasteiger partial charge in [-0.1, -0.05) is 12.8 Å². The van der Waals surface area contributed by atoms with Crippen LogP contribution >= 0.6 is 0 Å². The molecule has 0 radical (unpaired) electrons. The number of hydrogen-bond acceptors (Lipinski definition) is 7. The number of nitrogens with two attached hydrogens (primary N) is 1. The van der Waals surface area contributed by atoms with Crippen molar-refractivity contribution in [3.63, 3.8) is 0 Å². The van der Waals surface area contributed by atoms with Crippen LogP contribution in [0.2, 0.25) is 0 Å². The average molecular weight is 513 g/mol. The molecule has 4 aliphatic rings. The third-order valence-electron chi connectivity index (χ3n) is 8.91. The van der Waals surface area contributed by atoms with E-state index in [9.17, 15) is 14.4 Å². The highest BCUT2D eigenvalue weighted by Gasteiger charge is 2.54. The van der Waals surface area contributed by atoms with Crippen LogP contribution in [0.4, 0.5) is 5.69 Å². The number of likely N-dealkylation sites (tertiary alicyclic amines) is 1. The summed E-state index contributed by atoms with van der Waals surface area (Å²) in [4.78, 5) is 46.2. The largest absolute Gasteiger partial charge is 0.377 e. The monoisotopic (exact) mass is 512 g/mol. The van der Waals surface area contributed by atoms with E-state index in [-0.39, 0.29) is 30.3 Å². The maximum atomic E-state index is 14.4. The molecule has 1 aromatic carbocycles. The van der Waals surface area contributed by atoms with E-state index < -0.39 is 24.0 Å². The Morgan fingerprint density at radius 2 is 1.81 bits per heavy atom. The molecule has 37 heavy (non-hydrogen) atoms. The zero-order chi connectivity index (χ0) is 26.3. The number of piperazine rings is 1. The molecule has 0 unspecified atom stereocenters. The fourth-order valence-corrected chi connectivity index (χ4v) is 6.83. The summed E-state index contributed by atoms with van der Waals surface area (Å²) in [5, 5.41) is 0. The quantitative estimate of drug-likeness (QED) is 0.594. The van der Waals surface area contributed by atoms with E-state index in [1.54, 1.807) is 18.1 Å². The van der Waals surface area contributed by atoms with Gasteiger partial charge >= 0.3 is 0 Å². The highest BCUT2D eigenvalue weighted by atomic mass is 16.5. The Balaban J connectivity index is 1.50. The molecule has 2 amide bonds. The van der Waals surface area contributed by atoms with E-state index in [2.05, 4.69) is 23.6 Å². The third-order valence-corrected chi connectivity index (χ3v) is 8.91. The molecule has 9 nitrogen and oxygen atoms in total. The molecule has 1 saturated carbocycles. The van der Waals surface area contributed by atoms with E-state index in [1.807, 2.05) is 12.1 Å². The first-order chi connectivity index (χ1) is 17.8. The van der Waals surface area contributed by atoms with Gasteiger partial charge in [0.1, 0.15) is 24.9 Å². The number of fused-ring (bicyclic) bond motifs is 1. The number of methoxy groups -OCH3 is 1. The van der Waals surface area contributed by atoms with Crippen LogP contribution in [-0.4, -0.2) is 98.1 Å². The van der Waals surface area contributed by atoms with E-state index in [0.29, 0.717) is 23.7 Å². The lowest BCUT2D eigenvalue weighted by molar-refractivity contribution is -0.139. The number of nitrogens with zero attached hydrogens (tertiary/aromatic N) is 3. The van der Waals surface area contributed by atoms with Crippen molar-refractivity contribution >= 4 is 23.3 Å². The Labute approximate surface area is 219 Å². The first-order valence-electron chi connectivity index (χ1n) is 13.7. The summed E-state index contributed by atoms with van der Waals surface area (Å²) in [5.41, 5.74) is 7.95. The van der Waals surface area contributed by atoms with Crippen molar-refractivity contribution in [3.8, 4) is 0 Å². The van der Waals surface area contributed by atoms with Gasteiger partial charge in [-0.25, -0.2) is 0 Å². The summed E-state index contributed by atoms with van der Waals surface area (Å²) in [6.07, 6.45) is 3.13.